The highest BCUT2D eigenvalue weighted by Gasteiger charge is 2.56. The van der Waals surface area contributed by atoms with Crippen LogP contribution in [0.5, 0.6) is 0 Å². The van der Waals surface area contributed by atoms with Gasteiger partial charge in [0.15, 0.2) is 70.8 Å². The standard InChI is InChI=1S/C33H78O11Si7/c1-45(2,3)35-22-24-26(40-47(7,8)9)28(42-49(13,14)15)30(32(34)37-24)39-33-31(44-51(19,20)21)29(43-50(16,17)18)27(41-48(10,11)12)25(38-33)23-36-46(4,5)6/h24-34H,22-23H2,1-21H3/t24-,25-,26-,27+,28-,29+,30+,31-,32-,33+/m0/s1. The fourth-order valence-corrected chi connectivity index (χ4v) is 12.6. The fourth-order valence-electron chi connectivity index (χ4n) is 5.83. The summed E-state index contributed by atoms with van der Waals surface area (Å²) in [6.07, 6.45) is -7.01. The molecule has 0 saturated carbocycles. The molecule has 0 amide bonds. The molecular weight excluding hydrogens is 769 g/mol. The molecule has 0 aromatic rings. The van der Waals surface area contributed by atoms with E-state index < -0.39 is 120 Å². The SMILES string of the molecule is C[Si](C)(C)OC[C@@H]1O[C@H](O)[C@H](O[C@H]2O[C@@H](CO[Si](C)(C)C)[C@@H](O[Si](C)(C)C)[C@@H](O[Si](C)(C)C)[C@@H]2O[Si](C)(C)C)[C@@H](O[Si](C)(C)C)[C@H]1O[Si](C)(C)C. The van der Waals surface area contributed by atoms with Crippen LogP contribution in [-0.2, 0) is 45.2 Å². The smallest absolute Gasteiger partial charge is 0.186 e. The molecule has 11 nitrogen and oxygen atoms in total. The van der Waals surface area contributed by atoms with Crippen LogP contribution >= 0.6 is 0 Å². The van der Waals surface area contributed by atoms with E-state index in [1.165, 1.54) is 0 Å². The van der Waals surface area contributed by atoms with Gasteiger partial charge in [-0.05, 0) is 137 Å². The summed E-state index contributed by atoms with van der Waals surface area (Å²) in [5.74, 6) is 0. The number of ether oxygens (including phenoxy) is 3. The zero-order chi connectivity index (χ0) is 39.8. The van der Waals surface area contributed by atoms with Crippen molar-refractivity contribution in [1.82, 2.24) is 0 Å². The lowest BCUT2D eigenvalue weighted by Crippen LogP contribution is -2.69. The minimum absolute atomic E-state index is 0.291. The molecule has 18 heteroatoms. The summed E-state index contributed by atoms with van der Waals surface area (Å²) in [6, 6.07) is 0. The van der Waals surface area contributed by atoms with Gasteiger partial charge in [0.2, 0.25) is 0 Å². The Kier molecular flexibility index (Phi) is 16.7. The molecule has 304 valence electrons. The summed E-state index contributed by atoms with van der Waals surface area (Å²) in [4.78, 5) is 0. The molecule has 0 radical (unpaired) electrons. The number of hydrogen-bond acceptors (Lipinski definition) is 11. The molecule has 2 saturated heterocycles. The minimum Gasteiger partial charge on any atom is -0.415 e. The summed E-state index contributed by atoms with van der Waals surface area (Å²) in [5.41, 5.74) is 0. The Labute approximate surface area is 319 Å². The lowest BCUT2D eigenvalue weighted by Gasteiger charge is -2.53. The van der Waals surface area contributed by atoms with Crippen LogP contribution in [0.15, 0.2) is 0 Å². The van der Waals surface area contributed by atoms with Crippen molar-refractivity contribution in [1.29, 1.82) is 0 Å². The van der Waals surface area contributed by atoms with E-state index in [1.807, 2.05) is 0 Å². The van der Waals surface area contributed by atoms with Gasteiger partial charge >= 0.3 is 0 Å². The molecule has 0 spiro atoms. The van der Waals surface area contributed by atoms with Crippen molar-refractivity contribution in [3.05, 3.63) is 0 Å². The van der Waals surface area contributed by atoms with E-state index in [4.69, 9.17) is 45.2 Å². The molecule has 0 unspecified atom stereocenters. The zero-order valence-electron chi connectivity index (χ0n) is 36.2. The van der Waals surface area contributed by atoms with E-state index in [0.717, 1.165) is 0 Å². The highest BCUT2D eigenvalue weighted by molar-refractivity contribution is 6.72. The van der Waals surface area contributed by atoms with Crippen LogP contribution in [0.4, 0.5) is 0 Å². The van der Waals surface area contributed by atoms with Gasteiger partial charge in [0.05, 0.1) is 13.2 Å². The van der Waals surface area contributed by atoms with Crippen LogP contribution in [0, 0.1) is 0 Å². The molecule has 2 aliphatic heterocycles. The number of hydrogen-bond donors (Lipinski definition) is 1. The van der Waals surface area contributed by atoms with Gasteiger partial charge in [0, 0.05) is 0 Å². The van der Waals surface area contributed by atoms with Crippen molar-refractivity contribution < 1.29 is 50.3 Å². The van der Waals surface area contributed by atoms with E-state index in [1.54, 1.807) is 0 Å². The molecule has 10 atom stereocenters. The summed E-state index contributed by atoms with van der Waals surface area (Å²) in [6.45, 7) is 46.0. The molecule has 0 aromatic carbocycles. The van der Waals surface area contributed by atoms with Crippen molar-refractivity contribution in [2.75, 3.05) is 13.2 Å². The van der Waals surface area contributed by atoms with E-state index >= 15 is 0 Å². The van der Waals surface area contributed by atoms with E-state index in [0.29, 0.717) is 13.2 Å². The van der Waals surface area contributed by atoms with Crippen LogP contribution in [0.2, 0.25) is 137 Å². The maximum atomic E-state index is 11.9. The molecule has 0 aromatic heterocycles. The van der Waals surface area contributed by atoms with Gasteiger partial charge in [0.25, 0.3) is 0 Å². The first-order valence-corrected chi connectivity index (χ1v) is 42.7. The summed E-state index contributed by atoms with van der Waals surface area (Å²) in [5, 5.41) is 11.9. The summed E-state index contributed by atoms with van der Waals surface area (Å²) in [7, 11) is -14.8. The number of aliphatic hydroxyl groups is 1. The first kappa shape index (κ1) is 48.2. The minimum atomic E-state index is -2.23. The van der Waals surface area contributed by atoms with Gasteiger partial charge in [-0.2, -0.15) is 0 Å². The largest absolute Gasteiger partial charge is 0.415 e. The second-order valence-electron chi connectivity index (χ2n) is 21.0. The number of rotatable bonds is 18. The van der Waals surface area contributed by atoms with E-state index in [2.05, 4.69) is 137 Å². The predicted octanol–water partition coefficient (Wildman–Crippen LogP) is 7.62. The van der Waals surface area contributed by atoms with Crippen molar-refractivity contribution in [3.63, 3.8) is 0 Å². The maximum absolute atomic E-state index is 11.9. The third-order valence-corrected chi connectivity index (χ3v) is 14.3. The first-order chi connectivity index (χ1) is 22.5. The van der Waals surface area contributed by atoms with E-state index in [-0.39, 0.29) is 0 Å². The van der Waals surface area contributed by atoms with Crippen molar-refractivity contribution in [3.8, 4) is 0 Å². The molecule has 0 aliphatic carbocycles. The van der Waals surface area contributed by atoms with Crippen molar-refractivity contribution in [2.45, 2.75) is 199 Å². The Balaban J connectivity index is 2.76. The van der Waals surface area contributed by atoms with Gasteiger partial charge < -0.3 is 50.3 Å². The van der Waals surface area contributed by atoms with Crippen LogP contribution in [0.1, 0.15) is 0 Å². The second-order valence-corrected chi connectivity index (χ2v) is 52.4. The third kappa shape index (κ3) is 18.3. The predicted molar refractivity (Wildman–Crippen MR) is 224 cm³/mol. The molecule has 51 heavy (non-hydrogen) atoms. The summed E-state index contributed by atoms with van der Waals surface area (Å²) >= 11 is 0. The van der Waals surface area contributed by atoms with E-state index in [9.17, 15) is 5.11 Å². The van der Waals surface area contributed by atoms with Gasteiger partial charge in [-0.25, -0.2) is 0 Å². The normalized spacial score (nSPS) is 32.4. The van der Waals surface area contributed by atoms with Gasteiger partial charge in [-0.3, -0.25) is 0 Å². The monoisotopic (exact) mass is 846 g/mol. The second kappa shape index (κ2) is 17.7. The Morgan fingerprint density at radius 1 is 0.373 bits per heavy atom. The third-order valence-electron chi connectivity index (χ3n) is 7.30. The molecule has 0 bridgehead atoms. The molecular formula is C33H78O11Si7. The lowest BCUT2D eigenvalue weighted by molar-refractivity contribution is -0.354. The zero-order valence-corrected chi connectivity index (χ0v) is 43.2. The lowest BCUT2D eigenvalue weighted by atomic mass is 9.97. The van der Waals surface area contributed by atoms with Crippen LogP contribution in [-0.4, -0.2) is 138 Å². The first-order valence-electron chi connectivity index (χ1n) is 18.8. The van der Waals surface area contributed by atoms with Crippen molar-refractivity contribution in [2.24, 2.45) is 0 Å². The fraction of sp³-hybridized carbons (Fsp3) is 1.00. The van der Waals surface area contributed by atoms with Crippen LogP contribution < -0.4 is 0 Å². The van der Waals surface area contributed by atoms with Gasteiger partial charge in [-0.15, -0.1) is 0 Å². The Morgan fingerprint density at radius 3 is 1.00 bits per heavy atom. The molecule has 2 rings (SSSR count). The molecule has 2 aliphatic rings. The van der Waals surface area contributed by atoms with Crippen LogP contribution in [0.3, 0.4) is 0 Å². The summed E-state index contributed by atoms with van der Waals surface area (Å²) < 4.78 is 68.1. The molecule has 1 N–H and O–H groups in total. The quantitative estimate of drug-likeness (QED) is 0.138. The van der Waals surface area contributed by atoms with Gasteiger partial charge in [-0.1, -0.05) is 0 Å². The average molecular weight is 848 g/mol. The highest BCUT2D eigenvalue weighted by Crippen LogP contribution is 2.38. The topological polar surface area (TPSA) is 113 Å². The Bertz CT molecular complexity index is 1070. The highest BCUT2D eigenvalue weighted by atomic mass is 28.4. The van der Waals surface area contributed by atoms with Gasteiger partial charge in [0.1, 0.15) is 48.8 Å². The number of aliphatic hydroxyl groups excluding tert-OH is 1. The maximum Gasteiger partial charge on any atom is 0.186 e. The average Bonchev–Trinajstić information content (AvgIpc) is 2.84. The Hall–Kier alpha value is 1.08. The van der Waals surface area contributed by atoms with Crippen molar-refractivity contribution >= 4 is 58.2 Å². The van der Waals surface area contributed by atoms with Crippen LogP contribution in [0.25, 0.3) is 0 Å². The molecule has 2 fully saturated rings. The Morgan fingerprint density at radius 2 is 0.667 bits per heavy atom. The molecule has 2 heterocycles.